The van der Waals surface area contributed by atoms with Crippen molar-refractivity contribution < 1.29 is 20.5 Å². The van der Waals surface area contributed by atoms with Crippen molar-refractivity contribution in [1.82, 2.24) is 14.9 Å². The summed E-state index contributed by atoms with van der Waals surface area (Å²) in [4.78, 5) is 24.4. The first-order valence-corrected chi connectivity index (χ1v) is 12.2. The van der Waals surface area contributed by atoms with Gasteiger partial charge in [0.2, 0.25) is 5.91 Å². The quantitative estimate of drug-likeness (QED) is 0.526. The predicted molar refractivity (Wildman–Crippen MR) is 132 cm³/mol. The lowest BCUT2D eigenvalue weighted by Crippen LogP contribution is -2.52. The minimum absolute atomic E-state index is 0. The third-order valence-electron chi connectivity index (χ3n) is 5.50. The number of sulfonamides is 1. The number of hydrogen-bond donors (Lipinski definition) is 2. The van der Waals surface area contributed by atoms with E-state index < -0.39 is 16.1 Å². The molecule has 2 heterocycles. The second-order valence-electron chi connectivity index (χ2n) is 7.88. The van der Waals surface area contributed by atoms with Crippen LogP contribution in [0.5, 0.6) is 0 Å². The van der Waals surface area contributed by atoms with Crippen molar-refractivity contribution in [3.05, 3.63) is 72.9 Å². The smallest absolute Gasteiger partial charge is 0.263 e. The van der Waals surface area contributed by atoms with E-state index in [9.17, 15) is 17.6 Å². The average molecular weight is 489 g/mol. The highest BCUT2D eigenvalue weighted by atomic mass is 32.2. The van der Waals surface area contributed by atoms with E-state index >= 15 is 0 Å². The van der Waals surface area contributed by atoms with Crippen LogP contribution < -0.4 is 14.9 Å². The Morgan fingerprint density at radius 2 is 1.82 bits per heavy atom. The molecule has 1 amide bonds. The van der Waals surface area contributed by atoms with Crippen LogP contribution in [0.1, 0.15) is 9.78 Å². The molecule has 9 nitrogen and oxygen atoms in total. The summed E-state index contributed by atoms with van der Waals surface area (Å²) in [5.74, 6) is -0.218. The maximum Gasteiger partial charge on any atom is 0.263 e. The van der Waals surface area contributed by atoms with Crippen molar-refractivity contribution in [2.45, 2.75) is 17.9 Å². The lowest BCUT2D eigenvalue weighted by atomic mass is 10.2. The fourth-order valence-electron chi connectivity index (χ4n) is 3.73. The molecule has 1 fully saturated rings. The molecule has 1 aliphatic rings. The second-order valence-corrected chi connectivity index (χ2v) is 9.57. The molecule has 34 heavy (non-hydrogen) atoms. The first-order valence-electron chi connectivity index (χ1n) is 10.8. The summed E-state index contributed by atoms with van der Waals surface area (Å²) in [6.45, 7) is 4.05. The van der Waals surface area contributed by atoms with Crippen molar-refractivity contribution in [3.8, 4) is 0 Å². The molecule has 11 heteroatoms. The Balaban J connectivity index is 0.00000228. The van der Waals surface area contributed by atoms with Crippen LogP contribution in [0.15, 0.2) is 72.0 Å². The topological polar surface area (TPSA) is 108 Å². The molecule has 1 atom stereocenters. The van der Waals surface area contributed by atoms with Crippen molar-refractivity contribution in [1.29, 1.82) is 0 Å². The molecule has 0 radical (unpaired) electrons. The zero-order valence-corrected chi connectivity index (χ0v) is 19.4. The highest BCUT2D eigenvalue weighted by molar-refractivity contribution is 7.92. The summed E-state index contributed by atoms with van der Waals surface area (Å²) in [5, 5.41) is 3.04. The number of aromatic nitrogens is 2. The number of amides is 1. The first kappa shape index (κ1) is 23.4. The van der Waals surface area contributed by atoms with Crippen molar-refractivity contribution in [2.75, 3.05) is 41.1 Å². The van der Waals surface area contributed by atoms with E-state index in [0.717, 1.165) is 5.69 Å². The van der Waals surface area contributed by atoms with Gasteiger partial charge in [-0.2, -0.15) is 0 Å². The molecule has 0 saturated carbocycles. The summed E-state index contributed by atoms with van der Waals surface area (Å²) in [5.41, 5.74) is 1.43. The first-order chi connectivity index (χ1) is 16.3. The molecule has 1 aliphatic heterocycles. The van der Waals surface area contributed by atoms with Gasteiger partial charge in [0, 0.05) is 46.6 Å². The lowest BCUT2D eigenvalue weighted by molar-refractivity contribution is -0.131. The van der Waals surface area contributed by atoms with Crippen LogP contribution in [-0.2, 0) is 14.8 Å². The van der Waals surface area contributed by atoms with Crippen LogP contribution in [0.4, 0.5) is 21.6 Å². The third-order valence-corrected chi connectivity index (χ3v) is 6.87. The third kappa shape index (κ3) is 5.60. The number of hydrogen-bond acceptors (Lipinski definition) is 7. The second kappa shape index (κ2) is 10.0. The Hall–Kier alpha value is -3.73. The molecule has 0 bridgehead atoms. The maximum atomic E-state index is 13.4. The summed E-state index contributed by atoms with van der Waals surface area (Å²) >= 11 is 0. The van der Waals surface area contributed by atoms with Gasteiger partial charge < -0.3 is 15.1 Å². The van der Waals surface area contributed by atoms with Crippen molar-refractivity contribution in [3.63, 3.8) is 0 Å². The number of halogens is 1. The van der Waals surface area contributed by atoms with Crippen molar-refractivity contribution in [2.24, 2.45) is 0 Å². The largest absolute Gasteiger partial charge is 0.374 e. The van der Waals surface area contributed by atoms with E-state index in [1.807, 2.05) is 0 Å². The van der Waals surface area contributed by atoms with Gasteiger partial charge in [0.25, 0.3) is 10.0 Å². The molecule has 2 N–H and O–H groups in total. The van der Waals surface area contributed by atoms with Gasteiger partial charge in [0.05, 0.1) is 4.90 Å². The molecule has 3 aromatic rings. The molecule has 0 aliphatic carbocycles. The van der Waals surface area contributed by atoms with Crippen LogP contribution in [0.3, 0.4) is 0 Å². The Kier molecular flexibility index (Phi) is 6.92. The fraction of sp³-hybridized carbons (Fsp3) is 0.261. The minimum atomic E-state index is -3.76. The molecular weight excluding hydrogens is 459 g/mol. The maximum absolute atomic E-state index is 13.4. The normalized spacial score (nSPS) is 15.0. The standard InChI is InChI=1S/C23H25FN6O3S.2H2/c1-17(27-19-4-2-3-18(24)15-19)23(31)30-13-11-29(12-14-30)20-5-7-21(8-6-20)34(32,33)28-22-9-10-25-16-26-22;;/h2-10,15-17,27H,11-14H2,1H3,(H,25,26,28);2*1H. The summed E-state index contributed by atoms with van der Waals surface area (Å²) in [7, 11) is -3.76. The fourth-order valence-corrected chi connectivity index (χ4v) is 4.74. The lowest BCUT2D eigenvalue weighted by Gasteiger charge is -2.37. The molecular formula is C23H29FN6O3S. The molecule has 4 rings (SSSR count). The molecule has 0 spiro atoms. The van der Waals surface area contributed by atoms with E-state index in [2.05, 4.69) is 24.9 Å². The van der Waals surface area contributed by atoms with E-state index in [4.69, 9.17) is 0 Å². The average Bonchev–Trinajstić information content (AvgIpc) is 2.84. The van der Waals surface area contributed by atoms with E-state index in [1.54, 1.807) is 48.2 Å². The highest BCUT2D eigenvalue weighted by Gasteiger charge is 2.25. The van der Waals surface area contributed by atoms with Gasteiger partial charge in [-0.05, 0) is 55.5 Å². The van der Waals surface area contributed by atoms with Gasteiger partial charge in [-0.1, -0.05) is 6.07 Å². The van der Waals surface area contributed by atoms with Crippen molar-refractivity contribution >= 4 is 33.1 Å². The molecule has 1 aromatic heterocycles. The Bertz CT molecular complexity index is 1240. The van der Waals surface area contributed by atoms with Crippen LogP contribution in [0, 0.1) is 5.82 Å². The number of carbonyl (C=O) groups excluding carboxylic acids is 1. The number of carbonyl (C=O) groups is 1. The zero-order valence-electron chi connectivity index (χ0n) is 18.6. The predicted octanol–water partition coefficient (Wildman–Crippen LogP) is 3.06. The number of nitrogens with one attached hydrogen (secondary N) is 2. The molecule has 1 unspecified atom stereocenters. The summed E-state index contributed by atoms with van der Waals surface area (Å²) < 4.78 is 40.9. The van der Waals surface area contributed by atoms with Crippen LogP contribution in [0.2, 0.25) is 0 Å². The van der Waals surface area contributed by atoms with Gasteiger partial charge in [0.1, 0.15) is 24.0 Å². The molecule has 1 saturated heterocycles. The number of benzene rings is 2. The Labute approximate surface area is 200 Å². The molecule has 182 valence electrons. The summed E-state index contributed by atoms with van der Waals surface area (Å²) in [6.07, 6.45) is 2.72. The number of piperazine rings is 1. The van der Waals surface area contributed by atoms with E-state index in [1.165, 1.54) is 30.7 Å². The zero-order chi connectivity index (χ0) is 24.1. The van der Waals surface area contributed by atoms with Gasteiger partial charge in [-0.15, -0.1) is 0 Å². The SMILES string of the molecule is CC(Nc1cccc(F)c1)C(=O)N1CCN(c2ccc(S(=O)(=O)Nc3ccncn3)cc2)CC1.[HH].[HH]. The number of nitrogens with zero attached hydrogens (tertiary/aromatic N) is 4. The van der Waals surface area contributed by atoms with Crippen LogP contribution in [-0.4, -0.2) is 61.4 Å². The Morgan fingerprint density at radius 3 is 2.47 bits per heavy atom. The van der Waals surface area contributed by atoms with Crippen LogP contribution >= 0.6 is 0 Å². The van der Waals surface area contributed by atoms with Gasteiger partial charge >= 0.3 is 0 Å². The van der Waals surface area contributed by atoms with E-state index in [-0.39, 0.29) is 25.3 Å². The van der Waals surface area contributed by atoms with Crippen LogP contribution in [0.25, 0.3) is 0 Å². The minimum Gasteiger partial charge on any atom is -0.374 e. The number of anilines is 3. The van der Waals surface area contributed by atoms with E-state index in [0.29, 0.717) is 31.9 Å². The summed E-state index contributed by atoms with van der Waals surface area (Å²) in [6, 6.07) is 13.6. The highest BCUT2D eigenvalue weighted by Crippen LogP contribution is 2.21. The molecule has 2 aromatic carbocycles. The van der Waals surface area contributed by atoms with Gasteiger partial charge in [-0.3, -0.25) is 9.52 Å². The Morgan fingerprint density at radius 1 is 1.09 bits per heavy atom. The monoisotopic (exact) mass is 488 g/mol. The van der Waals surface area contributed by atoms with Gasteiger partial charge in [0.15, 0.2) is 0 Å². The number of rotatable bonds is 7. The van der Waals surface area contributed by atoms with Gasteiger partial charge in [-0.25, -0.2) is 22.8 Å².